The van der Waals surface area contributed by atoms with E-state index in [-0.39, 0.29) is 5.91 Å². The van der Waals surface area contributed by atoms with E-state index in [9.17, 15) is 4.79 Å². The molecular weight excluding hydrogens is 238 g/mol. The number of anilines is 1. The van der Waals surface area contributed by atoms with Crippen molar-refractivity contribution in [2.45, 2.75) is 6.42 Å². The molecule has 2 rings (SSSR count). The SMILES string of the molecule is N#CC(Cc1ccccc1)C(=O)Nc1cccnc1. The molecule has 2 aromatic rings. The maximum Gasteiger partial charge on any atom is 0.242 e. The van der Waals surface area contributed by atoms with Gasteiger partial charge >= 0.3 is 0 Å². The fourth-order valence-electron chi connectivity index (χ4n) is 1.71. The van der Waals surface area contributed by atoms with Gasteiger partial charge in [-0.2, -0.15) is 5.26 Å². The van der Waals surface area contributed by atoms with Crippen LogP contribution in [0.3, 0.4) is 0 Å². The predicted molar refractivity (Wildman–Crippen MR) is 72.1 cm³/mol. The van der Waals surface area contributed by atoms with Crippen LogP contribution >= 0.6 is 0 Å². The summed E-state index contributed by atoms with van der Waals surface area (Å²) in [7, 11) is 0. The van der Waals surface area contributed by atoms with E-state index in [1.165, 1.54) is 0 Å². The molecule has 0 aliphatic carbocycles. The number of nitriles is 1. The van der Waals surface area contributed by atoms with E-state index in [0.29, 0.717) is 12.1 Å². The zero-order chi connectivity index (χ0) is 13.5. The Bertz CT molecular complexity index is 575. The van der Waals surface area contributed by atoms with E-state index >= 15 is 0 Å². The average molecular weight is 251 g/mol. The summed E-state index contributed by atoms with van der Waals surface area (Å²) in [6.45, 7) is 0. The predicted octanol–water partition coefficient (Wildman–Crippen LogP) is 2.40. The highest BCUT2D eigenvalue weighted by Crippen LogP contribution is 2.11. The largest absolute Gasteiger partial charge is 0.324 e. The van der Waals surface area contributed by atoms with Gasteiger partial charge in [0.2, 0.25) is 5.91 Å². The Labute approximate surface area is 111 Å². The second kappa shape index (κ2) is 6.31. The van der Waals surface area contributed by atoms with E-state index < -0.39 is 5.92 Å². The number of nitrogens with zero attached hydrogens (tertiary/aromatic N) is 2. The average Bonchev–Trinajstić information content (AvgIpc) is 2.47. The second-order valence-electron chi connectivity index (χ2n) is 4.10. The fourth-order valence-corrected chi connectivity index (χ4v) is 1.71. The number of nitrogens with one attached hydrogen (secondary N) is 1. The van der Waals surface area contributed by atoms with Gasteiger partial charge in [0, 0.05) is 6.20 Å². The Morgan fingerprint density at radius 2 is 2.05 bits per heavy atom. The first-order chi connectivity index (χ1) is 9.29. The molecule has 0 saturated heterocycles. The van der Waals surface area contributed by atoms with Crippen LogP contribution in [0.15, 0.2) is 54.9 Å². The van der Waals surface area contributed by atoms with Crippen LogP contribution in [0.2, 0.25) is 0 Å². The van der Waals surface area contributed by atoms with Crippen LogP contribution in [0.5, 0.6) is 0 Å². The topological polar surface area (TPSA) is 65.8 Å². The molecule has 1 aromatic heterocycles. The molecule has 19 heavy (non-hydrogen) atoms. The van der Waals surface area contributed by atoms with Gasteiger partial charge in [-0.1, -0.05) is 30.3 Å². The van der Waals surface area contributed by atoms with Crippen molar-refractivity contribution in [2.24, 2.45) is 5.92 Å². The summed E-state index contributed by atoms with van der Waals surface area (Å²) < 4.78 is 0. The van der Waals surface area contributed by atoms with Crippen molar-refractivity contribution in [3.8, 4) is 6.07 Å². The molecule has 0 radical (unpaired) electrons. The highest BCUT2D eigenvalue weighted by atomic mass is 16.1. The number of pyridine rings is 1. The van der Waals surface area contributed by atoms with Gasteiger partial charge in [0.05, 0.1) is 18.0 Å². The lowest BCUT2D eigenvalue weighted by molar-refractivity contribution is -0.118. The first-order valence-corrected chi connectivity index (χ1v) is 5.94. The molecule has 1 aromatic carbocycles. The maximum absolute atomic E-state index is 12.0. The monoisotopic (exact) mass is 251 g/mol. The van der Waals surface area contributed by atoms with Crippen molar-refractivity contribution < 1.29 is 4.79 Å². The molecule has 0 spiro atoms. The van der Waals surface area contributed by atoms with Crippen molar-refractivity contribution in [1.29, 1.82) is 5.26 Å². The third-order valence-corrected chi connectivity index (χ3v) is 2.68. The molecule has 0 fully saturated rings. The molecule has 0 aliphatic rings. The van der Waals surface area contributed by atoms with Gasteiger partial charge in [-0.15, -0.1) is 0 Å². The number of benzene rings is 1. The molecule has 1 unspecified atom stereocenters. The summed E-state index contributed by atoms with van der Waals surface area (Å²) in [4.78, 5) is 15.9. The van der Waals surface area contributed by atoms with Crippen molar-refractivity contribution in [3.05, 3.63) is 60.4 Å². The quantitative estimate of drug-likeness (QED) is 0.907. The summed E-state index contributed by atoms with van der Waals surface area (Å²) in [6.07, 6.45) is 3.58. The van der Waals surface area contributed by atoms with Gasteiger partial charge in [-0.05, 0) is 24.1 Å². The fraction of sp³-hybridized carbons (Fsp3) is 0.133. The van der Waals surface area contributed by atoms with E-state index in [1.54, 1.807) is 24.5 Å². The van der Waals surface area contributed by atoms with E-state index in [4.69, 9.17) is 5.26 Å². The third-order valence-electron chi connectivity index (χ3n) is 2.68. The normalized spacial score (nSPS) is 11.3. The smallest absolute Gasteiger partial charge is 0.242 e. The van der Waals surface area contributed by atoms with Gasteiger partial charge in [-0.3, -0.25) is 9.78 Å². The number of carbonyl (C=O) groups excluding carboxylic acids is 1. The molecule has 1 N–H and O–H groups in total. The summed E-state index contributed by atoms with van der Waals surface area (Å²) in [5, 5.41) is 11.8. The standard InChI is InChI=1S/C15H13N3O/c16-10-13(9-12-5-2-1-3-6-12)15(19)18-14-7-4-8-17-11-14/h1-8,11,13H,9H2,(H,18,19). The number of hydrogen-bond acceptors (Lipinski definition) is 3. The zero-order valence-corrected chi connectivity index (χ0v) is 10.3. The summed E-state index contributed by atoms with van der Waals surface area (Å²) in [5.41, 5.74) is 1.57. The van der Waals surface area contributed by atoms with Gasteiger partial charge in [0.1, 0.15) is 5.92 Å². The van der Waals surface area contributed by atoms with E-state index in [2.05, 4.69) is 10.3 Å². The minimum Gasteiger partial charge on any atom is -0.324 e. The van der Waals surface area contributed by atoms with Gasteiger partial charge < -0.3 is 5.32 Å². The zero-order valence-electron chi connectivity index (χ0n) is 10.3. The highest BCUT2D eigenvalue weighted by Gasteiger charge is 2.18. The molecule has 4 heteroatoms. The van der Waals surface area contributed by atoms with Crippen LogP contribution in [0.25, 0.3) is 0 Å². The lowest BCUT2D eigenvalue weighted by Gasteiger charge is -2.10. The Balaban J connectivity index is 2.02. The Kier molecular flexibility index (Phi) is 4.25. The third kappa shape index (κ3) is 3.65. The highest BCUT2D eigenvalue weighted by molar-refractivity contribution is 5.94. The van der Waals surface area contributed by atoms with Crippen molar-refractivity contribution in [3.63, 3.8) is 0 Å². The first-order valence-electron chi connectivity index (χ1n) is 5.94. The molecular formula is C15H13N3O. The summed E-state index contributed by atoms with van der Waals surface area (Å²) >= 11 is 0. The van der Waals surface area contributed by atoms with Gasteiger partial charge in [-0.25, -0.2) is 0 Å². The molecule has 1 atom stereocenters. The van der Waals surface area contributed by atoms with E-state index in [0.717, 1.165) is 5.56 Å². The second-order valence-corrected chi connectivity index (χ2v) is 4.10. The number of aromatic nitrogens is 1. The van der Waals surface area contributed by atoms with Gasteiger partial charge in [0.15, 0.2) is 0 Å². The van der Waals surface area contributed by atoms with E-state index in [1.807, 2.05) is 36.4 Å². The Hall–Kier alpha value is -2.67. The molecule has 4 nitrogen and oxygen atoms in total. The molecule has 1 amide bonds. The molecule has 0 aliphatic heterocycles. The van der Waals surface area contributed by atoms with Crippen LogP contribution < -0.4 is 5.32 Å². The molecule has 0 saturated carbocycles. The van der Waals surface area contributed by atoms with Crippen molar-refractivity contribution in [1.82, 2.24) is 4.98 Å². The number of hydrogen-bond donors (Lipinski definition) is 1. The molecule has 94 valence electrons. The van der Waals surface area contributed by atoms with Crippen LogP contribution in [-0.4, -0.2) is 10.9 Å². The van der Waals surface area contributed by atoms with Crippen LogP contribution in [0.1, 0.15) is 5.56 Å². The number of amides is 1. The van der Waals surface area contributed by atoms with Crippen LogP contribution in [0.4, 0.5) is 5.69 Å². The first kappa shape index (κ1) is 12.8. The lowest BCUT2D eigenvalue weighted by atomic mass is 10.00. The van der Waals surface area contributed by atoms with Crippen LogP contribution in [-0.2, 0) is 11.2 Å². The summed E-state index contributed by atoms with van der Waals surface area (Å²) in [6, 6.07) is 15.0. The van der Waals surface area contributed by atoms with Crippen LogP contribution in [0, 0.1) is 17.2 Å². The lowest BCUT2D eigenvalue weighted by Crippen LogP contribution is -2.23. The minimum absolute atomic E-state index is 0.306. The maximum atomic E-state index is 12.0. The molecule has 1 heterocycles. The van der Waals surface area contributed by atoms with Gasteiger partial charge in [0.25, 0.3) is 0 Å². The van der Waals surface area contributed by atoms with Crippen molar-refractivity contribution >= 4 is 11.6 Å². The van der Waals surface area contributed by atoms with Crippen molar-refractivity contribution in [2.75, 3.05) is 5.32 Å². The Morgan fingerprint density at radius 3 is 2.68 bits per heavy atom. The number of rotatable bonds is 4. The number of carbonyl (C=O) groups is 1. The molecule has 0 bridgehead atoms. The minimum atomic E-state index is -0.706. The summed E-state index contributed by atoms with van der Waals surface area (Å²) in [5.74, 6) is -1.01. The Morgan fingerprint density at radius 1 is 1.26 bits per heavy atom.